The molecular formula is C15H19NO2. The van der Waals surface area contributed by atoms with Crippen LogP contribution in [0.25, 0.3) is 0 Å². The number of aromatic nitrogens is 1. The molecule has 1 aliphatic rings. The van der Waals surface area contributed by atoms with E-state index in [0.29, 0.717) is 24.3 Å². The van der Waals surface area contributed by atoms with Crippen molar-refractivity contribution in [2.24, 2.45) is 0 Å². The minimum Gasteiger partial charge on any atom is -0.492 e. The average molecular weight is 245 g/mol. The lowest BCUT2D eigenvalue weighted by molar-refractivity contribution is 0.0990. The summed E-state index contributed by atoms with van der Waals surface area (Å²) in [5.74, 6) is 0.804. The summed E-state index contributed by atoms with van der Waals surface area (Å²) in [6.45, 7) is 2.51. The molecule has 3 nitrogen and oxygen atoms in total. The number of nitrogens with zero attached hydrogens (tertiary/aromatic N) is 1. The first kappa shape index (κ1) is 12.8. The van der Waals surface area contributed by atoms with Crippen LogP contribution in [-0.4, -0.2) is 17.4 Å². The molecule has 0 radical (unpaired) electrons. The molecule has 18 heavy (non-hydrogen) atoms. The standard InChI is InChI=1S/C15H19NO2/c1-2-18-14-9-13(10-16-11-14)15(17)8-12-6-4-3-5-7-12/h6,9-11H,2-5,7-8H2,1H3. The van der Waals surface area contributed by atoms with Crippen LogP contribution in [0.2, 0.25) is 0 Å². The number of hydrogen-bond donors (Lipinski definition) is 0. The van der Waals surface area contributed by atoms with E-state index in [0.717, 1.165) is 12.8 Å². The van der Waals surface area contributed by atoms with Crippen molar-refractivity contribution >= 4 is 5.78 Å². The van der Waals surface area contributed by atoms with Gasteiger partial charge in [0.15, 0.2) is 5.78 Å². The van der Waals surface area contributed by atoms with E-state index in [1.54, 1.807) is 18.5 Å². The Morgan fingerprint density at radius 3 is 3.00 bits per heavy atom. The summed E-state index contributed by atoms with van der Waals surface area (Å²) in [7, 11) is 0. The summed E-state index contributed by atoms with van der Waals surface area (Å²) >= 11 is 0. The number of ketones is 1. The predicted octanol–water partition coefficient (Wildman–Crippen LogP) is 3.55. The minimum atomic E-state index is 0.136. The third-order valence-corrected chi connectivity index (χ3v) is 3.12. The molecule has 2 rings (SSSR count). The van der Waals surface area contributed by atoms with Crippen molar-refractivity contribution in [3.8, 4) is 5.75 Å². The zero-order valence-corrected chi connectivity index (χ0v) is 10.8. The highest BCUT2D eigenvalue weighted by molar-refractivity contribution is 5.97. The fourth-order valence-electron chi connectivity index (χ4n) is 2.19. The fourth-order valence-corrected chi connectivity index (χ4v) is 2.19. The van der Waals surface area contributed by atoms with Crippen molar-refractivity contribution in [2.75, 3.05) is 6.61 Å². The molecule has 0 fully saturated rings. The summed E-state index contributed by atoms with van der Waals surface area (Å²) in [6.07, 6.45) is 10.6. The van der Waals surface area contributed by atoms with Crippen molar-refractivity contribution in [1.29, 1.82) is 0 Å². The zero-order chi connectivity index (χ0) is 12.8. The van der Waals surface area contributed by atoms with Crippen molar-refractivity contribution in [3.63, 3.8) is 0 Å². The molecule has 0 unspecified atom stereocenters. The first-order chi connectivity index (χ1) is 8.79. The molecule has 1 aromatic heterocycles. The predicted molar refractivity (Wildman–Crippen MR) is 70.9 cm³/mol. The van der Waals surface area contributed by atoms with Crippen molar-refractivity contribution < 1.29 is 9.53 Å². The third kappa shape index (κ3) is 3.42. The molecule has 96 valence electrons. The van der Waals surface area contributed by atoms with Gasteiger partial charge in [0.1, 0.15) is 5.75 Å². The van der Waals surface area contributed by atoms with Gasteiger partial charge in [-0.15, -0.1) is 0 Å². The molecule has 0 bridgehead atoms. The molecule has 0 spiro atoms. The van der Waals surface area contributed by atoms with Crippen LogP contribution in [-0.2, 0) is 0 Å². The second-order valence-electron chi connectivity index (χ2n) is 4.55. The van der Waals surface area contributed by atoms with E-state index in [9.17, 15) is 4.79 Å². The summed E-state index contributed by atoms with van der Waals surface area (Å²) in [5.41, 5.74) is 1.92. The van der Waals surface area contributed by atoms with Gasteiger partial charge < -0.3 is 4.74 Å². The van der Waals surface area contributed by atoms with Gasteiger partial charge in [0.2, 0.25) is 0 Å². The van der Waals surface area contributed by atoms with Gasteiger partial charge in [-0.05, 0) is 38.7 Å². The van der Waals surface area contributed by atoms with E-state index in [1.807, 2.05) is 6.92 Å². The van der Waals surface area contributed by atoms with Crippen LogP contribution in [0, 0.1) is 0 Å². The van der Waals surface area contributed by atoms with E-state index in [4.69, 9.17) is 4.74 Å². The highest BCUT2D eigenvalue weighted by Crippen LogP contribution is 2.22. The van der Waals surface area contributed by atoms with Gasteiger partial charge in [-0.2, -0.15) is 0 Å². The monoisotopic (exact) mass is 245 g/mol. The van der Waals surface area contributed by atoms with Crippen molar-refractivity contribution in [3.05, 3.63) is 35.7 Å². The largest absolute Gasteiger partial charge is 0.492 e. The van der Waals surface area contributed by atoms with Gasteiger partial charge >= 0.3 is 0 Å². The van der Waals surface area contributed by atoms with Gasteiger partial charge in [0, 0.05) is 18.2 Å². The van der Waals surface area contributed by atoms with Crippen LogP contribution in [0.15, 0.2) is 30.1 Å². The zero-order valence-electron chi connectivity index (χ0n) is 10.8. The van der Waals surface area contributed by atoms with Crippen LogP contribution >= 0.6 is 0 Å². The summed E-state index contributed by atoms with van der Waals surface area (Å²) in [4.78, 5) is 16.2. The molecule has 1 aliphatic carbocycles. The molecule has 1 heterocycles. The van der Waals surface area contributed by atoms with Gasteiger partial charge in [-0.1, -0.05) is 11.6 Å². The average Bonchev–Trinajstić information content (AvgIpc) is 2.40. The summed E-state index contributed by atoms with van der Waals surface area (Å²) in [6, 6.07) is 1.78. The molecule has 1 aromatic rings. The number of Topliss-reactive ketones (excluding diaryl/α,β-unsaturated/α-hetero) is 1. The molecule has 0 N–H and O–H groups in total. The quantitative estimate of drug-likeness (QED) is 0.588. The molecule has 0 atom stereocenters. The fraction of sp³-hybridized carbons (Fsp3) is 0.467. The topological polar surface area (TPSA) is 39.2 Å². The Morgan fingerprint density at radius 2 is 2.28 bits per heavy atom. The number of hydrogen-bond acceptors (Lipinski definition) is 3. The molecule has 3 heteroatoms. The number of rotatable bonds is 5. The second-order valence-corrected chi connectivity index (χ2v) is 4.55. The number of carbonyl (C=O) groups is 1. The van der Waals surface area contributed by atoms with Gasteiger partial charge in [-0.25, -0.2) is 0 Å². The summed E-state index contributed by atoms with van der Waals surface area (Å²) < 4.78 is 5.36. The molecule has 0 saturated carbocycles. The van der Waals surface area contributed by atoms with Gasteiger partial charge in [0.25, 0.3) is 0 Å². The maximum absolute atomic E-state index is 12.1. The van der Waals surface area contributed by atoms with E-state index in [2.05, 4.69) is 11.1 Å². The molecule has 0 aliphatic heterocycles. The van der Waals surface area contributed by atoms with E-state index < -0.39 is 0 Å². The lowest BCUT2D eigenvalue weighted by atomic mass is 9.94. The maximum Gasteiger partial charge on any atom is 0.168 e. The van der Waals surface area contributed by atoms with Gasteiger partial charge in [0.05, 0.1) is 12.8 Å². The summed E-state index contributed by atoms with van der Waals surface area (Å²) in [5, 5.41) is 0. The SMILES string of the molecule is CCOc1cncc(C(=O)CC2=CCCCC2)c1. The van der Waals surface area contributed by atoms with E-state index >= 15 is 0 Å². The Bertz CT molecular complexity index is 452. The number of carbonyl (C=O) groups excluding carboxylic acids is 1. The Morgan fingerprint density at radius 1 is 1.39 bits per heavy atom. The Balaban J connectivity index is 2.03. The highest BCUT2D eigenvalue weighted by atomic mass is 16.5. The van der Waals surface area contributed by atoms with Crippen LogP contribution in [0.3, 0.4) is 0 Å². The van der Waals surface area contributed by atoms with Crippen LogP contribution in [0.4, 0.5) is 0 Å². The molecule has 0 aromatic carbocycles. The van der Waals surface area contributed by atoms with Crippen LogP contribution in [0.1, 0.15) is 49.4 Å². The van der Waals surface area contributed by atoms with E-state index in [-0.39, 0.29) is 5.78 Å². The second kappa shape index (κ2) is 6.34. The molecular weight excluding hydrogens is 226 g/mol. The normalized spacial score (nSPS) is 15.1. The lowest BCUT2D eigenvalue weighted by Gasteiger charge is -2.12. The number of pyridine rings is 1. The number of allylic oxidation sites excluding steroid dienone is 2. The Labute approximate surface area is 108 Å². The maximum atomic E-state index is 12.1. The third-order valence-electron chi connectivity index (χ3n) is 3.12. The molecule has 0 saturated heterocycles. The van der Waals surface area contributed by atoms with Crippen molar-refractivity contribution in [2.45, 2.75) is 39.0 Å². The van der Waals surface area contributed by atoms with Gasteiger partial charge in [-0.3, -0.25) is 9.78 Å². The van der Waals surface area contributed by atoms with Crippen LogP contribution < -0.4 is 4.74 Å². The first-order valence-electron chi connectivity index (χ1n) is 6.58. The highest BCUT2D eigenvalue weighted by Gasteiger charge is 2.12. The number of ether oxygens (including phenoxy) is 1. The van der Waals surface area contributed by atoms with Crippen molar-refractivity contribution in [1.82, 2.24) is 4.98 Å². The van der Waals surface area contributed by atoms with E-state index in [1.165, 1.54) is 18.4 Å². The molecule has 0 amide bonds. The Hall–Kier alpha value is -1.64. The Kier molecular flexibility index (Phi) is 4.51. The first-order valence-corrected chi connectivity index (χ1v) is 6.58. The smallest absolute Gasteiger partial charge is 0.168 e. The lowest BCUT2D eigenvalue weighted by Crippen LogP contribution is -2.04. The van der Waals surface area contributed by atoms with Crippen LogP contribution in [0.5, 0.6) is 5.75 Å². The minimum absolute atomic E-state index is 0.136.